The maximum Gasteiger partial charge on any atom is 0.343 e. The Labute approximate surface area is 239 Å². The van der Waals surface area contributed by atoms with Crippen molar-refractivity contribution in [2.75, 3.05) is 13.2 Å². The minimum Gasteiger partial charge on any atom is -0.494 e. The van der Waals surface area contributed by atoms with Gasteiger partial charge in [-0.1, -0.05) is 95.9 Å². The summed E-state index contributed by atoms with van der Waals surface area (Å²) in [7, 11) is 0. The van der Waals surface area contributed by atoms with E-state index in [1.54, 1.807) is 43.3 Å². The standard InChI is InChI=1S/C35H45FO4/c1-3-5-6-7-8-9-10-11-12-13-26-38-32-20-18-29(19-21-32)28-14-16-30(17-15-28)35(37)40-34-24-22-33(23-25-34)39-27-31(36)4-2/h14-25,31H,3-13,26-27H2,1-2H3. The van der Waals surface area contributed by atoms with Crippen molar-refractivity contribution in [3.05, 3.63) is 78.4 Å². The van der Waals surface area contributed by atoms with E-state index in [0.29, 0.717) is 23.5 Å². The largest absolute Gasteiger partial charge is 0.494 e. The maximum absolute atomic E-state index is 13.3. The number of carbonyl (C=O) groups is 1. The minimum atomic E-state index is -0.994. The lowest BCUT2D eigenvalue weighted by Gasteiger charge is -2.10. The second kappa shape index (κ2) is 18.1. The molecule has 0 fully saturated rings. The lowest BCUT2D eigenvalue weighted by Crippen LogP contribution is -2.11. The number of unbranched alkanes of at least 4 members (excludes halogenated alkanes) is 9. The Hall–Kier alpha value is -3.34. The molecule has 0 radical (unpaired) electrons. The summed E-state index contributed by atoms with van der Waals surface area (Å²) in [6, 6.07) is 22.0. The smallest absolute Gasteiger partial charge is 0.343 e. The van der Waals surface area contributed by atoms with Crippen LogP contribution in [0.3, 0.4) is 0 Å². The van der Waals surface area contributed by atoms with Crippen LogP contribution in [0.1, 0.15) is 94.8 Å². The van der Waals surface area contributed by atoms with Crippen LogP contribution >= 0.6 is 0 Å². The molecule has 4 nitrogen and oxygen atoms in total. The van der Waals surface area contributed by atoms with Gasteiger partial charge in [-0.15, -0.1) is 0 Å². The molecule has 1 atom stereocenters. The molecule has 0 saturated carbocycles. The number of ether oxygens (including phenoxy) is 3. The Bertz CT molecular complexity index is 1090. The number of hydrogen-bond donors (Lipinski definition) is 0. The van der Waals surface area contributed by atoms with Crippen LogP contribution in [0.2, 0.25) is 0 Å². The van der Waals surface area contributed by atoms with Crippen molar-refractivity contribution in [2.45, 2.75) is 90.6 Å². The van der Waals surface area contributed by atoms with Gasteiger partial charge < -0.3 is 14.2 Å². The summed E-state index contributed by atoms with van der Waals surface area (Å²) >= 11 is 0. The Morgan fingerprint density at radius 2 is 1.10 bits per heavy atom. The van der Waals surface area contributed by atoms with E-state index in [1.807, 2.05) is 36.4 Å². The summed E-state index contributed by atoms with van der Waals surface area (Å²) < 4.78 is 30.1. The molecule has 0 spiro atoms. The van der Waals surface area contributed by atoms with Crippen molar-refractivity contribution in [1.29, 1.82) is 0 Å². The fourth-order valence-corrected chi connectivity index (χ4v) is 4.40. The van der Waals surface area contributed by atoms with Crippen LogP contribution in [0.15, 0.2) is 72.8 Å². The number of rotatable bonds is 19. The van der Waals surface area contributed by atoms with Crippen molar-refractivity contribution >= 4 is 5.97 Å². The van der Waals surface area contributed by atoms with Crippen LogP contribution in [0.4, 0.5) is 4.39 Å². The molecule has 0 saturated heterocycles. The molecular formula is C35H45FO4. The molecule has 0 aliphatic carbocycles. The van der Waals surface area contributed by atoms with Crippen LogP contribution in [0, 0.1) is 0 Å². The molecule has 1 unspecified atom stereocenters. The predicted octanol–water partition coefficient (Wildman–Crippen LogP) is 10.00. The van der Waals surface area contributed by atoms with E-state index in [0.717, 1.165) is 29.9 Å². The normalized spacial score (nSPS) is 11.7. The minimum absolute atomic E-state index is 0.0110. The number of halogens is 1. The second-order valence-corrected chi connectivity index (χ2v) is 10.3. The topological polar surface area (TPSA) is 44.8 Å². The van der Waals surface area contributed by atoms with Crippen molar-refractivity contribution in [1.82, 2.24) is 0 Å². The van der Waals surface area contributed by atoms with Crippen molar-refractivity contribution in [3.8, 4) is 28.4 Å². The first-order valence-corrected chi connectivity index (χ1v) is 15.0. The number of alkyl halides is 1. The molecular weight excluding hydrogens is 503 g/mol. The van der Waals surface area contributed by atoms with Crippen LogP contribution in [0.5, 0.6) is 17.2 Å². The molecule has 40 heavy (non-hydrogen) atoms. The molecule has 3 rings (SSSR count). The zero-order valence-electron chi connectivity index (χ0n) is 24.2. The Kier molecular flexibility index (Phi) is 14.1. The first-order chi connectivity index (χ1) is 19.6. The molecule has 3 aromatic rings. The van der Waals surface area contributed by atoms with Crippen molar-refractivity contribution in [3.63, 3.8) is 0 Å². The van der Waals surface area contributed by atoms with Gasteiger partial charge in [-0.05, 0) is 72.5 Å². The molecule has 5 heteroatoms. The van der Waals surface area contributed by atoms with Gasteiger partial charge >= 0.3 is 5.97 Å². The summed E-state index contributed by atoms with van der Waals surface area (Å²) in [6.07, 6.45) is 12.6. The third kappa shape index (κ3) is 11.4. The highest BCUT2D eigenvalue weighted by Gasteiger charge is 2.10. The van der Waals surface area contributed by atoms with E-state index < -0.39 is 12.1 Å². The monoisotopic (exact) mass is 548 g/mol. The zero-order valence-corrected chi connectivity index (χ0v) is 24.2. The number of carbonyl (C=O) groups excluding carboxylic acids is 1. The highest BCUT2D eigenvalue weighted by Crippen LogP contribution is 2.24. The first-order valence-electron chi connectivity index (χ1n) is 15.0. The average molecular weight is 549 g/mol. The molecule has 3 aromatic carbocycles. The molecule has 0 amide bonds. The van der Waals surface area contributed by atoms with Crippen LogP contribution in [0.25, 0.3) is 11.1 Å². The number of esters is 1. The van der Waals surface area contributed by atoms with Gasteiger partial charge in [0.25, 0.3) is 0 Å². The summed E-state index contributed by atoms with van der Waals surface area (Å²) in [6.45, 7) is 4.79. The first kappa shape index (κ1) is 31.2. The fourth-order valence-electron chi connectivity index (χ4n) is 4.40. The van der Waals surface area contributed by atoms with Gasteiger partial charge in [0, 0.05) is 0 Å². The molecule has 0 aromatic heterocycles. The summed E-state index contributed by atoms with van der Waals surface area (Å²) in [4.78, 5) is 12.6. The highest BCUT2D eigenvalue weighted by atomic mass is 19.1. The number of hydrogen-bond acceptors (Lipinski definition) is 4. The highest BCUT2D eigenvalue weighted by molar-refractivity contribution is 5.91. The van der Waals surface area contributed by atoms with E-state index >= 15 is 0 Å². The molecule has 0 aliphatic rings. The third-order valence-corrected chi connectivity index (χ3v) is 6.98. The van der Waals surface area contributed by atoms with Crippen molar-refractivity contribution in [2.24, 2.45) is 0 Å². The summed E-state index contributed by atoms with van der Waals surface area (Å²) in [5.74, 6) is 1.38. The molecule has 0 heterocycles. The average Bonchev–Trinajstić information content (AvgIpc) is 2.99. The quantitative estimate of drug-likeness (QED) is 0.0849. The molecule has 0 aliphatic heterocycles. The van der Waals surface area contributed by atoms with E-state index in [2.05, 4.69) is 6.92 Å². The van der Waals surface area contributed by atoms with Crippen molar-refractivity contribution < 1.29 is 23.4 Å². The SMILES string of the molecule is CCCCCCCCCCCCOc1ccc(-c2ccc(C(=O)Oc3ccc(OCC(F)CC)cc3)cc2)cc1. The lowest BCUT2D eigenvalue weighted by atomic mass is 10.0. The van der Waals surface area contributed by atoms with Gasteiger partial charge in [0.2, 0.25) is 0 Å². The summed E-state index contributed by atoms with van der Waals surface area (Å²) in [5.41, 5.74) is 2.53. The van der Waals surface area contributed by atoms with E-state index in [4.69, 9.17) is 14.2 Å². The fraction of sp³-hybridized carbons (Fsp3) is 0.457. The Morgan fingerprint density at radius 1 is 0.625 bits per heavy atom. The predicted molar refractivity (Wildman–Crippen MR) is 161 cm³/mol. The maximum atomic E-state index is 13.3. The van der Waals surface area contributed by atoms with Crippen LogP contribution in [-0.4, -0.2) is 25.4 Å². The van der Waals surface area contributed by atoms with Crippen LogP contribution < -0.4 is 14.2 Å². The Morgan fingerprint density at radius 3 is 1.68 bits per heavy atom. The third-order valence-electron chi connectivity index (χ3n) is 6.98. The lowest BCUT2D eigenvalue weighted by molar-refractivity contribution is 0.0734. The van der Waals surface area contributed by atoms with Gasteiger partial charge in [-0.2, -0.15) is 0 Å². The van der Waals surface area contributed by atoms with Gasteiger partial charge in [0.1, 0.15) is 30.0 Å². The molecule has 0 N–H and O–H groups in total. The van der Waals surface area contributed by atoms with E-state index in [1.165, 1.54) is 57.8 Å². The Balaban J connectivity index is 1.36. The molecule has 0 bridgehead atoms. The van der Waals surface area contributed by atoms with Gasteiger partial charge in [-0.25, -0.2) is 9.18 Å². The number of benzene rings is 3. The van der Waals surface area contributed by atoms with Gasteiger partial charge in [-0.3, -0.25) is 0 Å². The van der Waals surface area contributed by atoms with E-state index in [9.17, 15) is 9.18 Å². The summed E-state index contributed by atoms with van der Waals surface area (Å²) in [5, 5.41) is 0. The molecule has 216 valence electrons. The zero-order chi connectivity index (χ0) is 28.4. The van der Waals surface area contributed by atoms with E-state index in [-0.39, 0.29) is 6.61 Å². The van der Waals surface area contributed by atoms with Gasteiger partial charge in [0.05, 0.1) is 12.2 Å². The second-order valence-electron chi connectivity index (χ2n) is 10.3. The van der Waals surface area contributed by atoms with Gasteiger partial charge in [0.15, 0.2) is 0 Å². The van der Waals surface area contributed by atoms with Crippen LogP contribution in [-0.2, 0) is 0 Å².